The summed E-state index contributed by atoms with van der Waals surface area (Å²) in [5.41, 5.74) is 23.9. The number of nitrogens with zero attached hydrogens (tertiary/aromatic N) is 1. The van der Waals surface area contributed by atoms with Crippen molar-refractivity contribution in [1.29, 1.82) is 0 Å². The maximum Gasteiger partial charge on any atom is 0.197 e. The second-order valence-corrected chi connectivity index (χ2v) is 17.2. The van der Waals surface area contributed by atoms with Crippen molar-refractivity contribution in [3.8, 4) is 50.2 Å². The van der Waals surface area contributed by atoms with Gasteiger partial charge in [0.15, 0.2) is 7.28 Å². The second kappa shape index (κ2) is 11.5. The summed E-state index contributed by atoms with van der Waals surface area (Å²) in [5, 5.41) is 6.50. The Morgan fingerprint density at radius 1 is 0.474 bits per heavy atom. The highest BCUT2D eigenvalue weighted by Gasteiger charge is 2.38. The summed E-state index contributed by atoms with van der Waals surface area (Å²) < 4.78 is 2.53. The van der Waals surface area contributed by atoms with E-state index in [1.54, 1.807) is 0 Å². The van der Waals surface area contributed by atoms with Crippen LogP contribution in [0.3, 0.4) is 0 Å². The van der Waals surface area contributed by atoms with E-state index < -0.39 is 0 Å². The normalized spacial score (nSPS) is 14.7. The largest absolute Gasteiger partial charge is 0.355 e. The van der Waals surface area contributed by atoms with Crippen molar-refractivity contribution in [2.45, 2.75) is 38.5 Å². The monoisotopic (exact) mass is 727 g/mol. The molecule has 0 saturated heterocycles. The summed E-state index contributed by atoms with van der Waals surface area (Å²) in [6.07, 6.45) is 0. The molecule has 1 aromatic heterocycles. The van der Waals surface area contributed by atoms with Gasteiger partial charge in [0.2, 0.25) is 0 Å². The van der Waals surface area contributed by atoms with Gasteiger partial charge in [-0.05, 0) is 115 Å². The van der Waals surface area contributed by atoms with Crippen LogP contribution in [0.2, 0.25) is 0 Å². The highest BCUT2D eigenvalue weighted by Crippen LogP contribution is 2.54. The maximum absolute atomic E-state index is 3.94. The van der Waals surface area contributed by atoms with Gasteiger partial charge in [-0.15, -0.1) is 0 Å². The van der Waals surface area contributed by atoms with Crippen LogP contribution in [0.4, 0.5) is 11.4 Å². The van der Waals surface area contributed by atoms with Gasteiger partial charge in [0.25, 0.3) is 0 Å². The molecule has 3 aliphatic rings. The molecular weight excluding hydrogens is 687 g/mol. The molecule has 0 saturated carbocycles. The summed E-state index contributed by atoms with van der Waals surface area (Å²) >= 11 is 0. The molecule has 0 unspecified atom stereocenters. The Balaban J connectivity index is 1.22. The fraction of sp³-hybridized carbons (Fsp3) is 0.111. The minimum atomic E-state index is -0.132. The summed E-state index contributed by atoms with van der Waals surface area (Å²) in [4.78, 5) is 0. The number of hydrogen-bond donors (Lipinski definition) is 1. The SMILES string of the molecule is CC1(C)c2ccccc2-c2cc(-c3cc(-c4cc5c(cc4Nc4ccccc4)C(C)(C)c4ccccc4-5)c4c5c3c3ccccc3n5-c3ccccc3[B]4)ccc21. The molecule has 0 fully saturated rings. The third-order valence-corrected chi connectivity index (χ3v) is 13.4. The lowest BCUT2D eigenvalue weighted by molar-refractivity contribution is 0.660. The molecule has 0 bridgehead atoms. The lowest BCUT2D eigenvalue weighted by Crippen LogP contribution is -2.37. The summed E-state index contributed by atoms with van der Waals surface area (Å²) in [6.45, 7) is 9.47. The van der Waals surface area contributed by atoms with Gasteiger partial charge in [-0.1, -0.05) is 148 Å². The molecule has 1 aliphatic heterocycles. The third kappa shape index (κ3) is 4.43. The Hall–Kier alpha value is -6.58. The lowest BCUT2D eigenvalue weighted by Gasteiger charge is -2.27. The number of fused-ring (bicyclic) bond motifs is 11. The van der Waals surface area contributed by atoms with E-state index in [0.717, 1.165) is 11.4 Å². The van der Waals surface area contributed by atoms with Crippen molar-refractivity contribution in [2.24, 2.45) is 0 Å². The van der Waals surface area contributed by atoms with Gasteiger partial charge in [-0.3, -0.25) is 0 Å². The predicted octanol–water partition coefficient (Wildman–Crippen LogP) is 12.4. The fourth-order valence-corrected chi connectivity index (χ4v) is 10.6. The van der Waals surface area contributed by atoms with Crippen molar-refractivity contribution in [3.05, 3.63) is 186 Å². The minimum Gasteiger partial charge on any atom is -0.355 e. The van der Waals surface area contributed by atoms with Crippen molar-refractivity contribution in [3.63, 3.8) is 0 Å². The Labute approximate surface area is 334 Å². The number of anilines is 2. The smallest absolute Gasteiger partial charge is 0.197 e. The summed E-state index contributed by atoms with van der Waals surface area (Å²) in [6, 6.07) is 61.1. The molecular formula is C54H40BN2. The highest BCUT2D eigenvalue weighted by atomic mass is 15.0. The van der Waals surface area contributed by atoms with E-state index in [0.29, 0.717) is 0 Å². The van der Waals surface area contributed by atoms with Gasteiger partial charge in [0, 0.05) is 49.7 Å². The first kappa shape index (κ1) is 32.6. The van der Waals surface area contributed by atoms with E-state index in [1.807, 2.05) is 0 Å². The van der Waals surface area contributed by atoms with Crippen molar-refractivity contribution >= 4 is 51.4 Å². The van der Waals surface area contributed by atoms with Crippen LogP contribution >= 0.6 is 0 Å². The average Bonchev–Trinajstić information content (AvgIpc) is 3.79. The molecule has 57 heavy (non-hydrogen) atoms. The maximum atomic E-state index is 3.94. The Morgan fingerprint density at radius 3 is 1.88 bits per heavy atom. The number of aromatic nitrogens is 1. The third-order valence-electron chi connectivity index (χ3n) is 13.4. The first-order valence-corrected chi connectivity index (χ1v) is 20.2. The fourth-order valence-electron chi connectivity index (χ4n) is 10.6. The molecule has 2 aliphatic carbocycles. The molecule has 0 atom stereocenters. The molecule has 9 aromatic rings. The van der Waals surface area contributed by atoms with E-state index in [9.17, 15) is 0 Å². The van der Waals surface area contributed by atoms with E-state index in [2.05, 4.69) is 209 Å². The van der Waals surface area contributed by atoms with E-state index in [4.69, 9.17) is 0 Å². The number of rotatable bonds is 4. The predicted molar refractivity (Wildman–Crippen MR) is 242 cm³/mol. The van der Waals surface area contributed by atoms with Gasteiger partial charge in [0.05, 0.1) is 5.52 Å². The van der Waals surface area contributed by atoms with E-state index in [1.165, 1.54) is 105 Å². The molecule has 8 aromatic carbocycles. The van der Waals surface area contributed by atoms with E-state index in [-0.39, 0.29) is 10.8 Å². The molecule has 0 amide bonds. The van der Waals surface area contributed by atoms with E-state index >= 15 is 0 Å². The number of para-hydroxylation sites is 3. The quantitative estimate of drug-likeness (QED) is 0.179. The zero-order chi connectivity index (χ0) is 38.2. The first-order chi connectivity index (χ1) is 27.8. The van der Waals surface area contributed by atoms with Crippen LogP contribution in [0.15, 0.2) is 164 Å². The number of benzene rings is 8. The molecule has 1 N–H and O–H groups in total. The second-order valence-electron chi connectivity index (χ2n) is 17.2. The summed E-state index contributed by atoms with van der Waals surface area (Å²) in [7, 11) is 2.44. The standard InChI is InChI=1S/C54H40BN2/c1-53(2)42-21-11-8-18-34(42)38-28-32(26-27-44(38)53)37-29-41(51-52-50(37)36-20-10-14-24-48(36)57(52)49-25-15-13-23-46(49)55-51)40-30-39-35-19-9-12-22-43(35)54(3,4)45(39)31-47(40)56-33-16-6-5-7-17-33/h5-31,56H,1-4H3. The highest BCUT2D eigenvalue weighted by molar-refractivity contribution is 6.73. The molecule has 269 valence electrons. The number of nitrogens with one attached hydrogen (secondary N) is 1. The Bertz CT molecular complexity index is 3180. The number of hydrogen-bond acceptors (Lipinski definition) is 1. The zero-order valence-corrected chi connectivity index (χ0v) is 32.6. The van der Waals surface area contributed by atoms with Crippen molar-refractivity contribution in [2.75, 3.05) is 5.32 Å². The molecule has 2 heterocycles. The van der Waals surface area contributed by atoms with Crippen LogP contribution in [0.5, 0.6) is 0 Å². The van der Waals surface area contributed by atoms with Crippen LogP contribution in [-0.4, -0.2) is 11.8 Å². The topological polar surface area (TPSA) is 17.0 Å². The lowest BCUT2D eigenvalue weighted by atomic mass is 9.58. The molecule has 12 rings (SSSR count). The van der Waals surface area contributed by atoms with Crippen LogP contribution in [0.25, 0.3) is 72.0 Å². The van der Waals surface area contributed by atoms with Crippen LogP contribution in [0, 0.1) is 0 Å². The van der Waals surface area contributed by atoms with Crippen LogP contribution < -0.4 is 16.2 Å². The first-order valence-electron chi connectivity index (χ1n) is 20.2. The Kier molecular flexibility index (Phi) is 6.58. The van der Waals surface area contributed by atoms with Crippen LogP contribution in [0.1, 0.15) is 49.9 Å². The van der Waals surface area contributed by atoms with Gasteiger partial charge < -0.3 is 9.88 Å². The van der Waals surface area contributed by atoms with Gasteiger partial charge in [-0.25, -0.2) is 0 Å². The van der Waals surface area contributed by atoms with Gasteiger partial charge in [0.1, 0.15) is 0 Å². The average molecular weight is 728 g/mol. The molecule has 1 radical (unpaired) electrons. The molecule has 2 nitrogen and oxygen atoms in total. The van der Waals surface area contributed by atoms with Gasteiger partial charge >= 0.3 is 0 Å². The van der Waals surface area contributed by atoms with Gasteiger partial charge in [-0.2, -0.15) is 0 Å². The van der Waals surface area contributed by atoms with Crippen LogP contribution in [-0.2, 0) is 10.8 Å². The minimum absolute atomic E-state index is 0.0587. The summed E-state index contributed by atoms with van der Waals surface area (Å²) in [5.74, 6) is 0. The molecule has 0 spiro atoms. The molecule has 3 heteroatoms. The van der Waals surface area contributed by atoms with Crippen molar-refractivity contribution in [1.82, 2.24) is 4.57 Å². The Morgan fingerprint density at radius 2 is 1.09 bits per heavy atom. The van der Waals surface area contributed by atoms with Crippen molar-refractivity contribution < 1.29 is 0 Å². The zero-order valence-electron chi connectivity index (χ0n) is 32.6.